The Hall–Kier alpha value is -2.89. The van der Waals surface area contributed by atoms with Gasteiger partial charge in [0.05, 0.1) is 19.8 Å². The van der Waals surface area contributed by atoms with Gasteiger partial charge in [0.25, 0.3) is 0 Å². The van der Waals surface area contributed by atoms with Gasteiger partial charge in [0.1, 0.15) is 5.75 Å². The van der Waals surface area contributed by atoms with Crippen molar-refractivity contribution in [3.8, 4) is 17.2 Å². The highest BCUT2D eigenvalue weighted by molar-refractivity contribution is 5.78. The molecule has 4 N–H and O–H groups in total. The summed E-state index contributed by atoms with van der Waals surface area (Å²) in [6.45, 7) is 1.22. The van der Waals surface area contributed by atoms with Crippen LogP contribution in [0.15, 0.2) is 47.5 Å². The number of nitrogens with two attached hydrogens (primary N) is 1. The van der Waals surface area contributed by atoms with Crippen molar-refractivity contribution in [3.05, 3.63) is 53.6 Å². The molecule has 0 aromatic heterocycles. The Balaban J connectivity index is 1.58. The van der Waals surface area contributed by atoms with Crippen LogP contribution < -0.4 is 20.5 Å². The first kappa shape index (κ1) is 17.0. The van der Waals surface area contributed by atoms with E-state index in [9.17, 15) is 5.11 Å². The molecule has 6 nitrogen and oxygen atoms in total. The monoisotopic (exact) mass is 341 g/mol. The third-order valence-electron chi connectivity index (χ3n) is 4.21. The van der Waals surface area contributed by atoms with Gasteiger partial charge >= 0.3 is 0 Å². The van der Waals surface area contributed by atoms with Crippen molar-refractivity contribution in [1.82, 2.24) is 5.32 Å². The maximum Gasteiger partial charge on any atom is 0.189 e. The van der Waals surface area contributed by atoms with Crippen molar-refractivity contribution in [2.75, 3.05) is 20.3 Å². The van der Waals surface area contributed by atoms with E-state index in [4.69, 9.17) is 15.2 Å². The van der Waals surface area contributed by atoms with Gasteiger partial charge < -0.3 is 25.6 Å². The lowest BCUT2D eigenvalue weighted by Gasteiger charge is -2.26. The van der Waals surface area contributed by atoms with E-state index in [0.717, 1.165) is 23.3 Å². The van der Waals surface area contributed by atoms with Crippen LogP contribution in [0.3, 0.4) is 0 Å². The number of phenols is 1. The Morgan fingerprint density at radius 2 is 2.20 bits per heavy atom. The first-order valence-corrected chi connectivity index (χ1v) is 8.31. The summed E-state index contributed by atoms with van der Waals surface area (Å²) in [7, 11) is 1.53. The summed E-state index contributed by atoms with van der Waals surface area (Å²) in [4.78, 5) is 4.40. The van der Waals surface area contributed by atoms with Gasteiger partial charge in [0.15, 0.2) is 17.5 Å². The number of nitrogens with zero attached hydrogens (tertiary/aromatic N) is 1. The standard InChI is InChI=1S/C19H23N3O3/c1-24-18-12-13(6-7-16(18)23)8-10-21-19(20)22-15-9-11-25-17-5-3-2-4-14(15)17/h2-7,12,15,23H,8-11H2,1H3,(H3,20,21,22). The summed E-state index contributed by atoms with van der Waals surface area (Å²) in [5.41, 5.74) is 8.18. The molecule has 0 bridgehead atoms. The maximum absolute atomic E-state index is 9.62. The van der Waals surface area contributed by atoms with Crippen molar-refractivity contribution < 1.29 is 14.6 Å². The fourth-order valence-corrected chi connectivity index (χ4v) is 2.90. The molecule has 0 saturated heterocycles. The molecule has 0 aliphatic carbocycles. The summed E-state index contributed by atoms with van der Waals surface area (Å²) >= 11 is 0. The maximum atomic E-state index is 9.62. The molecule has 2 aromatic rings. The molecule has 3 rings (SSSR count). The molecule has 132 valence electrons. The number of para-hydroxylation sites is 1. The van der Waals surface area contributed by atoms with Gasteiger partial charge in [-0.2, -0.15) is 0 Å². The molecule has 1 aliphatic rings. The van der Waals surface area contributed by atoms with Gasteiger partial charge in [0, 0.05) is 18.5 Å². The van der Waals surface area contributed by atoms with E-state index in [1.54, 1.807) is 6.07 Å². The van der Waals surface area contributed by atoms with Gasteiger partial charge in [0.2, 0.25) is 0 Å². The van der Waals surface area contributed by atoms with E-state index in [1.165, 1.54) is 7.11 Å². The fourth-order valence-electron chi connectivity index (χ4n) is 2.90. The minimum atomic E-state index is 0.113. The van der Waals surface area contributed by atoms with E-state index in [1.807, 2.05) is 36.4 Å². The zero-order chi connectivity index (χ0) is 17.6. The highest BCUT2D eigenvalue weighted by Crippen LogP contribution is 2.31. The second kappa shape index (κ2) is 7.79. The number of nitrogens with one attached hydrogen (secondary N) is 1. The first-order chi connectivity index (χ1) is 12.2. The highest BCUT2D eigenvalue weighted by Gasteiger charge is 2.21. The topological polar surface area (TPSA) is 89.1 Å². The number of hydrogen-bond donors (Lipinski definition) is 3. The number of ether oxygens (including phenoxy) is 2. The molecule has 25 heavy (non-hydrogen) atoms. The van der Waals surface area contributed by atoms with Gasteiger partial charge in [-0.25, -0.2) is 0 Å². The largest absolute Gasteiger partial charge is 0.504 e. The SMILES string of the molecule is COc1cc(CCN=C(N)NC2CCOc3ccccc32)ccc1O. The summed E-state index contributed by atoms with van der Waals surface area (Å²) < 4.78 is 10.8. The molecular formula is C19H23N3O3. The molecular weight excluding hydrogens is 318 g/mol. The Kier molecular flexibility index (Phi) is 5.28. The molecule has 0 amide bonds. The second-order valence-electron chi connectivity index (χ2n) is 5.90. The number of fused-ring (bicyclic) bond motifs is 1. The number of phenolic OH excluding ortho intramolecular Hbond substituents is 1. The molecule has 1 heterocycles. The molecule has 2 aromatic carbocycles. The smallest absolute Gasteiger partial charge is 0.189 e. The highest BCUT2D eigenvalue weighted by atomic mass is 16.5. The molecule has 1 aliphatic heterocycles. The van der Waals surface area contributed by atoms with E-state index < -0.39 is 0 Å². The van der Waals surface area contributed by atoms with Crippen LogP contribution >= 0.6 is 0 Å². The van der Waals surface area contributed by atoms with Gasteiger partial charge in [-0.1, -0.05) is 24.3 Å². The minimum absolute atomic E-state index is 0.113. The van der Waals surface area contributed by atoms with Crippen LogP contribution in [0.2, 0.25) is 0 Å². The van der Waals surface area contributed by atoms with E-state index in [2.05, 4.69) is 10.3 Å². The van der Waals surface area contributed by atoms with Crippen LogP contribution in [-0.4, -0.2) is 31.3 Å². The molecule has 0 radical (unpaired) electrons. The Morgan fingerprint density at radius 3 is 3.04 bits per heavy atom. The third-order valence-corrected chi connectivity index (χ3v) is 4.21. The first-order valence-electron chi connectivity index (χ1n) is 8.31. The van der Waals surface area contributed by atoms with Gasteiger partial charge in [-0.3, -0.25) is 4.99 Å². The zero-order valence-electron chi connectivity index (χ0n) is 14.2. The average molecular weight is 341 g/mol. The van der Waals surface area contributed by atoms with Crippen LogP contribution in [-0.2, 0) is 6.42 Å². The van der Waals surface area contributed by atoms with Crippen molar-refractivity contribution in [2.24, 2.45) is 10.7 Å². The number of aliphatic imine (C=N–C) groups is 1. The van der Waals surface area contributed by atoms with E-state index >= 15 is 0 Å². The van der Waals surface area contributed by atoms with Crippen molar-refractivity contribution in [2.45, 2.75) is 18.9 Å². The molecule has 6 heteroatoms. The second-order valence-corrected chi connectivity index (χ2v) is 5.90. The quantitative estimate of drug-likeness (QED) is 0.574. The van der Waals surface area contributed by atoms with Crippen LogP contribution in [0.4, 0.5) is 0 Å². The molecule has 0 spiro atoms. The van der Waals surface area contributed by atoms with Crippen LogP contribution in [0.25, 0.3) is 0 Å². The van der Waals surface area contributed by atoms with E-state index in [0.29, 0.717) is 31.3 Å². The normalized spacial score (nSPS) is 16.7. The van der Waals surface area contributed by atoms with Crippen molar-refractivity contribution in [1.29, 1.82) is 0 Å². The summed E-state index contributed by atoms with van der Waals surface area (Å²) in [5.74, 6) is 1.92. The number of rotatable bonds is 5. The summed E-state index contributed by atoms with van der Waals surface area (Å²) in [6.07, 6.45) is 1.56. The minimum Gasteiger partial charge on any atom is -0.504 e. The zero-order valence-corrected chi connectivity index (χ0v) is 14.2. The summed E-state index contributed by atoms with van der Waals surface area (Å²) in [6, 6.07) is 13.4. The fraction of sp³-hybridized carbons (Fsp3) is 0.316. The number of hydrogen-bond acceptors (Lipinski definition) is 4. The van der Waals surface area contributed by atoms with E-state index in [-0.39, 0.29) is 11.8 Å². The number of guanidine groups is 1. The average Bonchev–Trinajstić information content (AvgIpc) is 2.63. The predicted molar refractivity (Wildman–Crippen MR) is 97.3 cm³/mol. The Bertz CT molecular complexity index is 761. The molecule has 1 atom stereocenters. The number of methoxy groups -OCH3 is 1. The lowest BCUT2D eigenvalue weighted by Crippen LogP contribution is -2.37. The predicted octanol–water partition coefficient (Wildman–Crippen LogP) is 2.37. The Labute approximate surface area is 147 Å². The van der Waals surface area contributed by atoms with Gasteiger partial charge in [-0.15, -0.1) is 0 Å². The van der Waals surface area contributed by atoms with Crippen LogP contribution in [0.1, 0.15) is 23.6 Å². The van der Waals surface area contributed by atoms with Gasteiger partial charge in [-0.05, 0) is 30.2 Å². The van der Waals surface area contributed by atoms with Crippen LogP contribution in [0, 0.1) is 0 Å². The lowest BCUT2D eigenvalue weighted by atomic mass is 10.0. The third kappa shape index (κ3) is 4.15. The number of aromatic hydroxyl groups is 1. The molecule has 0 saturated carbocycles. The van der Waals surface area contributed by atoms with Crippen LogP contribution in [0.5, 0.6) is 17.2 Å². The molecule has 0 fully saturated rings. The molecule has 1 unspecified atom stereocenters. The number of benzene rings is 2. The lowest BCUT2D eigenvalue weighted by molar-refractivity contribution is 0.262. The summed E-state index contributed by atoms with van der Waals surface area (Å²) in [5, 5.41) is 12.9. The van der Waals surface area contributed by atoms with Crippen molar-refractivity contribution in [3.63, 3.8) is 0 Å². The van der Waals surface area contributed by atoms with Crippen molar-refractivity contribution >= 4 is 5.96 Å². The Morgan fingerprint density at radius 1 is 1.36 bits per heavy atom.